The quantitative estimate of drug-likeness (QED) is 0.101. The largest absolute Gasteiger partial charge is 0.489 e. The van der Waals surface area contributed by atoms with Crippen molar-refractivity contribution in [2.75, 3.05) is 7.05 Å². The van der Waals surface area contributed by atoms with Crippen molar-refractivity contribution in [2.45, 2.75) is 127 Å². The summed E-state index contributed by atoms with van der Waals surface area (Å²) in [6.07, 6.45) is 13.4. The normalized spacial score (nSPS) is 11.6. The van der Waals surface area contributed by atoms with Crippen LogP contribution in [-0.4, -0.2) is 45.9 Å². The number of allylic oxidation sites excluding steroid dienone is 6. The van der Waals surface area contributed by atoms with Gasteiger partial charge in [0.25, 0.3) is 0 Å². The van der Waals surface area contributed by atoms with Crippen LogP contribution in [0.15, 0.2) is 140 Å². The SMILES string of the molecule is CC.CCC.CCC(C(C)OC(C)(C)O)N(Cc1cccc(OCc2ccccc2)c1)C(=O)N(C)Cc1ccc(F)c(C#N)c1.C\C=C/C=C\C=C/C.Cc1ccccc1. The van der Waals surface area contributed by atoms with Gasteiger partial charge in [-0.15, -0.1) is 0 Å². The fourth-order valence-electron chi connectivity index (χ4n) is 5.54. The van der Waals surface area contributed by atoms with Crippen molar-refractivity contribution in [2.24, 2.45) is 0 Å². The Labute approximate surface area is 362 Å². The van der Waals surface area contributed by atoms with E-state index >= 15 is 0 Å². The number of nitrogens with zero attached hydrogens (tertiary/aromatic N) is 3. The maximum absolute atomic E-state index is 13.9. The number of nitriles is 1. The molecule has 0 aliphatic heterocycles. The Morgan fingerprint density at radius 3 is 1.83 bits per heavy atom. The van der Waals surface area contributed by atoms with Gasteiger partial charge >= 0.3 is 6.03 Å². The van der Waals surface area contributed by atoms with Crippen LogP contribution in [0.4, 0.5) is 9.18 Å². The maximum Gasteiger partial charge on any atom is 0.320 e. The molecule has 8 heteroatoms. The monoisotopic (exact) mass is 822 g/mol. The molecule has 326 valence electrons. The number of ether oxygens (including phenoxy) is 2. The summed E-state index contributed by atoms with van der Waals surface area (Å²) in [5.74, 6) is -1.29. The van der Waals surface area contributed by atoms with E-state index < -0.39 is 17.7 Å². The van der Waals surface area contributed by atoms with Crippen LogP contribution >= 0.6 is 0 Å². The maximum atomic E-state index is 13.9. The highest BCUT2D eigenvalue weighted by molar-refractivity contribution is 5.74. The smallest absolute Gasteiger partial charge is 0.320 e. The van der Waals surface area contributed by atoms with Crippen LogP contribution in [0.2, 0.25) is 0 Å². The van der Waals surface area contributed by atoms with E-state index in [1.807, 2.05) is 157 Å². The van der Waals surface area contributed by atoms with Gasteiger partial charge in [0.2, 0.25) is 0 Å². The van der Waals surface area contributed by atoms with Crippen LogP contribution in [0.3, 0.4) is 0 Å². The van der Waals surface area contributed by atoms with Gasteiger partial charge in [-0.2, -0.15) is 5.26 Å². The van der Waals surface area contributed by atoms with Crippen LogP contribution in [-0.2, 0) is 24.4 Å². The predicted octanol–water partition coefficient (Wildman–Crippen LogP) is 13.4. The molecule has 0 radical (unpaired) electrons. The first-order valence-electron chi connectivity index (χ1n) is 21.0. The first-order chi connectivity index (χ1) is 28.7. The lowest BCUT2D eigenvalue weighted by Crippen LogP contribution is -2.51. The van der Waals surface area contributed by atoms with Gasteiger partial charge in [0.05, 0.1) is 17.7 Å². The Balaban J connectivity index is 0.00000143. The number of halogens is 1. The molecule has 0 saturated carbocycles. The number of carbonyl (C=O) groups excluding carboxylic acids is 1. The molecule has 0 spiro atoms. The van der Waals surface area contributed by atoms with Crippen LogP contribution in [0.5, 0.6) is 5.75 Å². The highest BCUT2D eigenvalue weighted by atomic mass is 19.1. The number of benzene rings is 4. The topological polar surface area (TPSA) is 86.0 Å². The Morgan fingerprint density at radius 1 is 0.817 bits per heavy atom. The molecular formula is C52H72FN3O4. The third-order valence-corrected chi connectivity index (χ3v) is 8.14. The van der Waals surface area contributed by atoms with Crippen molar-refractivity contribution in [3.8, 4) is 11.8 Å². The number of rotatable bonds is 14. The minimum atomic E-state index is -1.37. The third-order valence-electron chi connectivity index (χ3n) is 8.14. The van der Waals surface area contributed by atoms with E-state index in [4.69, 9.17) is 9.47 Å². The van der Waals surface area contributed by atoms with E-state index in [1.165, 1.54) is 29.0 Å². The molecular weight excluding hydrogens is 750 g/mol. The molecule has 4 aromatic carbocycles. The molecule has 0 aliphatic carbocycles. The molecule has 0 heterocycles. The lowest BCUT2D eigenvalue weighted by atomic mass is 10.1. The van der Waals surface area contributed by atoms with E-state index in [0.717, 1.165) is 11.1 Å². The van der Waals surface area contributed by atoms with Crippen LogP contribution in [0, 0.1) is 24.1 Å². The lowest BCUT2D eigenvalue weighted by Gasteiger charge is -2.39. The summed E-state index contributed by atoms with van der Waals surface area (Å²) < 4.78 is 25.7. The summed E-state index contributed by atoms with van der Waals surface area (Å²) in [6.45, 7) is 22.1. The molecule has 2 amide bonds. The van der Waals surface area contributed by atoms with Gasteiger partial charge in [-0.3, -0.25) is 0 Å². The van der Waals surface area contributed by atoms with E-state index in [0.29, 0.717) is 24.3 Å². The molecule has 0 saturated heterocycles. The number of carbonyl (C=O) groups is 1. The van der Waals surface area contributed by atoms with Crippen LogP contribution in [0.1, 0.15) is 110 Å². The zero-order valence-electron chi connectivity index (χ0n) is 38.4. The number of hydrogen-bond acceptors (Lipinski definition) is 5. The van der Waals surface area contributed by atoms with E-state index in [1.54, 1.807) is 31.9 Å². The first-order valence-corrected chi connectivity index (χ1v) is 21.0. The molecule has 7 nitrogen and oxygen atoms in total. The second-order valence-corrected chi connectivity index (χ2v) is 14.2. The van der Waals surface area contributed by atoms with Crippen molar-refractivity contribution in [1.82, 2.24) is 9.80 Å². The van der Waals surface area contributed by atoms with E-state index in [9.17, 15) is 19.6 Å². The minimum absolute atomic E-state index is 0.0684. The Bertz CT molecular complexity index is 1830. The van der Waals surface area contributed by atoms with Crippen LogP contribution in [0.25, 0.3) is 0 Å². The fraction of sp³-hybridized carbons (Fsp3) is 0.385. The average Bonchev–Trinajstić information content (AvgIpc) is 3.23. The van der Waals surface area contributed by atoms with E-state index in [-0.39, 0.29) is 30.7 Å². The molecule has 4 aromatic rings. The van der Waals surface area contributed by atoms with Crippen molar-refractivity contribution < 1.29 is 23.8 Å². The lowest BCUT2D eigenvalue weighted by molar-refractivity contribution is -0.212. The van der Waals surface area contributed by atoms with Gasteiger partial charge in [-0.25, -0.2) is 9.18 Å². The molecule has 2 unspecified atom stereocenters. The number of amides is 2. The second-order valence-electron chi connectivity index (χ2n) is 14.2. The van der Waals surface area contributed by atoms with Crippen LogP contribution < -0.4 is 4.74 Å². The molecule has 60 heavy (non-hydrogen) atoms. The highest BCUT2D eigenvalue weighted by Gasteiger charge is 2.32. The fourth-order valence-corrected chi connectivity index (χ4v) is 5.54. The van der Waals surface area contributed by atoms with E-state index in [2.05, 4.69) is 32.9 Å². The standard InChI is InChI=1S/C32H38FN3O4.C8H12.C7H8.C3H8.C2H6/c1-6-30(23(2)40-32(3,4)38)36(31(37)35(5)20-26-15-16-29(33)27(17-26)19-34)21-25-13-10-14-28(18-25)39-22-24-11-8-7-9-12-24;1-3-5-7-8-6-4-2;1-7-5-3-2-4-6-7;1-3-2;1-2/h7-18,23,30,38H,6,20-22H2,1-5H3;3-8H,1-2H3;2-6H,1H3;3H2,1-2H3;1-2H3/b;5-3-,6-4-,8-7-;;;. The summed E-state index contributed by atoms with van der Waals surface area (Å²) in [5, 5.41) is 19.5. The van der Waals surface area contributed by atoms with Gasteiger partial charge in [-0.1, -0.05) is 162 Å². The average molecular weight is 822 g/mol. The van der Waals surface area contributed by atoms with Gasteiger partial charge in [0, 0.05) is 20.1 Å². The number of aliphatic hydroxyl groups is 1. The minimum Gasteiger partial charge on any atom is -0.489 e. The summed E-state index contributed by atoms with van der Waals surface area (Å²) in [6, 6.07) is 33.2. The van der Waals surface area contributed by atoms with Gasteiger partial charge < -0.3 is 24.4 Å². The van der Waals surface area contributed by atoms with Crippen molar-refractivity contribution in [1.29, 1.82) is 5.26 Å². The molecule has 0 aromatic heterocycles. The Kier molecular flexibility index (Phi) is 29.4. The number of aryl methyl sites for hydroxylation is 1. The van der Waals surface area contributed by atoms with Gasteiger partial charge in [-0.05, 0) is 88.9 Å². The summed E-state index contributed by atoms with van der Waals surface area (Å²) in [7, 11) is 1.67. The zero-order valence-corrected chi connectivity index (χ0v) is 38.4. The summed E-state index contributed by atoms with van der Waals surface area (Å²) in [5.41, 5.74) is 3.81. The van der Waals surface area contributed by atoms with Gasteiger partial charge in [0.1, 0.15) is 24.2 Å². The molecule has 0 aliphatic rings. The number of urea groups is 1. The second kappa shape index (κ2) is 32.4. The molecule has 0 fully saturated rings. The highest BCUT2D eigenvalue weighted by Crippen LogP contribution is 2.24. The number of hydrogen-bond donors (Lipinski definition) is 1. The summed E-state index contributed by atoms with van der Waals surface area (Å²) >= 11 is 0. The molecule has 2 atom stereocenters. The predicted molar refractivity (Wildman–Crippen MR) is 249 cm³/mol. The molecule has 0 bridgehead atoms. The zero-order chi connectivity index (χ0) is 45.3. The van der Waals surface area contributed by atoms with Crippen molar-refractivity contribution >= 4 is 6.03 Å². The van der Waals surface area contributed by atoms with Gasteiger partial charge in [0.15, 0.2) is 5.79 Å². The Hall–Kier alpha value is -5.49. The summed E-state index contributed by atoms with van der Waals surface area (Å²) in [4.78, 5) is 17.2. The van der Waals surface area contributed by atoms with Crippen molar-refractivity contribution in [3.63, 3.8) is 0 Å². The molecule has 4 rings (SSSR count). The Morgan fingerprint density at radius 2 is 1.35 bits per heavy atom. The first kappa shape index (κ1) is 54.5. The molecule has 1 N–H and O–H groups in total. The third kappa shape index (κ3) is 23.8. The van der Waals surface area contributed by atoms with Crippen molar-refractivity contribution in [3.05, 3.63) is 173 Å².